The monoisotopic (exact) mass is 442 g/mol. The Morgan fingerprint density at radius 3 is 2.48 bits per heavy atom. The molecule has 1 amide bonds. The molecule has 164 valence electrons. The van der Waals surface area contributed by atoms with Crippen LogP contribution in [0.1, 0.15) is 30.1 Å². The molecular weight excluding hydrogens is 416 g/mol. The first-order valence-corrected chi connectivity index (χ1v) is 11.9. The average molecular weight is 443 g/mol. The zero-order valence-corrected chi connectivity index (χ0v) is 18.2. The number of carbonyl (C=O) groups excluding carboxylic acids is 2. The molecule has 0 saturated heterocycles. The number of hydrogen-bond donors (Lipinski definition) is 1. The first kappa shape index (κ1) is 22.6. The molecule has 1 aliphatic rings. The number of nitrogens with zero attached hydrogens (tertiary/aromatic N) is 1. The van der Waals surface area contributed by atoms with Gasteiger partial charge in [-0.05, 0) is 36.8 Å². The van der Waals surface area contributed by atoms with Gasteiger partial charge >= 0.3 is 5.97 Å². The highest BCUT2D eigenvalue weighted by atomic mass is 32.2. The summed E-state index contributed by atoms with van der Waals surface area (Å²) in [5.74, 6) is -1.32. The first-order valence-electron chi connectivity index (χ1n) is 10.2. The van der Waals surface area contributed by atoms with E-state index in [9.17, 15) is 18.0 Å². The van der Waals surface area contributed by atoms with Gasteiger partial charge in [-0.3, -0.25) is 4.79 Å². The van der Waals surface area contributed by atoms with E-state index in [2.05, 4.69) is 12.2 Å². The standard InChI is InChI=1S/C23H26N2O5S/c1-2-3-14-24-21-12-8-7-11-20(21)23(27)30-16-22(26)25(18-9-5-4-6-10-18)19-13-15-31(28,29)17-19/h4-13,15,19,24H,2-3,14,16-17H2,1H3/t19-/m1/s1. The number of carbonyl (C=O) groups is 2. The number of sulfone groups is 1. The molecule has 0 radical (unpaired) electrons. The molecule has 1 atom stereocenters. The van der Waals surface area contributed by atoms with E-state index in [1.54, 1.807) is 48.5 Å². The number of rotatable bonds is 9. The maximum absolute atomic E-state index is 13.0. The molecule has 1 aliphatic heterocycles. The van der Waals surface area contributed by atoms with Crippen molar-refractivity contribution in [2.45, 2.75) is 25.8 Å². The summed E-state index contributed by atoms with van der Waals surface area (Å²) in [5.41, 5.74) is 1.54. The summed E-state index contributed by atoms with van der Waals surface area (Å²) in [5, 5.41) is 4.33. The number of amides is 1. The molecule has 0 bridgehead atoms. The van der Waals surface area contributed by atoms with E-state index in [-0.39, 0.29) is 5.75 Å². The van der Waals surface area contributed by atoms with Crippen molar-refractivity contribution >= 4 is 33.1 Å². The Bertz CT molecular complexity index is 1050. The van der Waals surface area contributed by atoms with Crippen LogP contribution in [0.2, 0.25) is 0 Å². The second kappa shape index (κ2) is 10.3. The Kier molecular flexibility index (Phi) is 7.46. The quantitative estimate of drug-likeness (QED) is 0.473. The van der Waals surface area contributed by atoms with Crippen LogP contribution >= 0.6 is 0 Å². The van der Waals surface area contributed by atoms with Gasteiger partial charge in [0, 0.05) is 23.3 Å². The zero-order chi connectivity index (χ0) is 22.3. The summed E-state index contributed by atoms with van der Waals surface area (Å²) in [4.78, 5) is 27.0. The van der Waals surface area contributed by atoms with E-state index in [1.807, 2.05) is 6.07 Å². The predicted octanol–water partition coefficient (Wildman–Crippen LogP) is 3.40. The third-order valence-electron chi connectivity index (χ3n) is 4.87. The molecule has 3 rings (SSSR count). The smallest absolute Gasteiger partial charge is 0.340 e. The highest BCUT2D eigenvalue weighted by Crippen LogP contribution is 2.23. The fraction of sp³-hybridized carbons (Fsp3) is 0.304. The van der Waals surface area contributed by atoms with Gasteiger partial charge in [0.15, 0.2) is 16.4 Å². The van der Waals surface area contributed by atoms with Crippen LogP contribution in [0.3, 0.4) is 0 Å². The third kappa shape index (κ3) is 5.95. The fourth-order valence-electron chi connectivity index (χ4n) is 3.32. The maximum Gasteiger partial charge on any atom is 0.340 e. The highest BCUT2D eigenvalue weighted by Gasteiger charge is 2.32. The van der Waals surface area contributed by atoms with Crippen LogP contribution in [0, 0.1) is 0 Å². The summed E-state index contributed by atoms with van der Waals surface area (Å²) < 4.78 is 29.1. The van der Waals surface area contributed by atoms with Crippen LogP contribution in [-0.4, -0.2) is 45.2 Å². The molecule has 1 heterocycles. The van der Waals surface area contributed by atoms with Crippen molar-refractivity contribution in [1.82, 2.24) is 0 Å². The number of para-hydroxylation sites is 2. The zero-order valence-electron chi connectivity index (χ0n) is 17.4. The summed E-state index contributed by atoms with van der Waals surface area (Å²) >= 11 is 0. The van der Waals surface area contributed by atoms with Crippen molar-refractivity contribution in [1.29, 1.82) is 0 Å². The second-order valence-electron chi connectivity index (χ2n) is 7.23. The topological polar surface area (TPSA) is 92.8 Å². The van der Waals surface area contributed by atoms with Crippen LogP contribution in [-0.2, 0) is 19.4 Å². The van der Waals surface area contributed by atoms with Gasteiger partial charge in [0.2, 0.25) is 0 Å². The Morgan fingerprint density at radius 2 is 1.81 bits per heavy atom. The van der Waals surface area contributed by atoms with Crippen molar-refractivity contribution in [3.05, 3.63) is 71.6 Å². The Hall–Kier alpha value is -3.13. The maximum atomic E-state index is 13.0. The lowest BCUT2D eigenvalue weighted by atomic mass is 10.1. The van der Waals surface area contributed by atoms with Crippen molar-refractivity contribution in [3.63, 3.8) is 0 Å². The SMILES string of the molecule is CCCCNc1ccccc1C(=O)OCC(=O)N(c1ccccc1)[C@@H]1C=CS(=O)(=O)C1. The van der Waals surface area contributed by atoms with Gasteiger partial charge in [0.05, 0.1) is 17.4 Å². The molecule has 1 N–H and O–H groups in total. The molecule has 0 saturated carbocycles. The minimum absolute atomic E-state index is 0.203. The van der Waals surface area contributed by atoms with Crippen LogP contribution < -0.4 is 10.2 Å². The number of benzene rings is 2. The summed E-state index contributed by atoms with van der Waals surface area (Å²) in [7, 11) is -3.36. The van der Waals surface area contributed by atoms with Gasteiger partial charge in [0.1, 0.15) is 0 Å². The number of nitrogens with one attached hydrogen (secondary N) is 1. The lowest BCUT2D eigenvalue weighted by molar-refractivity contribution is -0.121. The molecule has 0 aliphatic carbocycles. The van der Waals surface area contributed by atoms with Crippen molar-refractivity contribution in [2.24, 2.45) is 0 Å². The first-order chi connectivity index (χ1) is 14.9. The number of hydrogen-bond acceptors (Lipinski definition) is 6. The minimum atomic E-state index is -3.36. The second-order valence-corrected chi connectivity index (χ2v) is 9.16. The van der Waals surface area contributed by atoms with E-state index in [4.69, 9.17) is 4.74 Å². The molecule has 0 unspecified atom stereocenters. The summed E-state index contributed by atoms with van der Waals surface area (Å²) in [6.45, 7) is 2.31. The molecule has 7 nitrogen and oxygen atoms in total. The van der Waals surface area contributed by atoms with Crippen molar-refractivity contribution < 1.29 is 22.7 Å². The Balaban J connectivity index is 1.72. The number of unbranched alkanes of at least 4 members (excludes halogenated alkanes) is 1. The molecule has 0 aromatic heterocycles. The molecule has 8 heteroatoms. The van der Waals surface area contributed by atoms with Gasteiger partial charge in [-0.2, -0.15) is 0 Å². The summed E-state index contributed by atoms with van der Waals surface area (Å²) in [6.07, 6.45) is 3.47. The van der Waals surface area contributed by atoms with Gasteiger partial charge in [-0.1, -0.05) is 43.7 Å². The van der Waals surface area contributed by atoms with Gasteiger partial charge in [0.25, 0.3) is 5.91 Å². The van der Waals surface area contributed by atoms with Crippen molar-refractivity contribution in [3.8, 4) is 0 Å². The van der Waals surface area contributed by atoms with E-state index in [0.29, 0.717) is 16.9 Å². The lowest BCUT2D eigenvalue weighted by Gasteiger charge is -2.27. The van der Waals surface area contributed by atoms with E-state index in [1.165, 1.54) is 11.0 Å². The van der Waals surface area contributed by atoms with Crippen LogP contribution in [0.5, 0.6) is 0 Å². The molecule has 0 fully saturated rings. The third-order valence-corrected chi connectivity index (χ3v) is 6.24. The minimum Gasteiger partial charge on any atom is -0.452 e. The Morgan fingerprint density at radius 1 is 1.10 bits per heavy atom. The van der Waals surface area contributed by atoms with E-state index in [0.717, 1.165) is 24.8 Å². The van der Waals surface area contributed by atoms with Gasteiger partial charge in [-0.25, -0.2) is 13.2 Å². The lowest BCUT2D eigenvalue weighted by Crippen LogP contribution is -2.43. The largest absolute Gasteiger partial charge is 0.452 e. The summed E-state index contributed by atoms with van der Waals surface area (Å²) in [6, 6.07) is 15.1. The molecule has 2 aromatic carbocycles. The normalized spacial score (nSPS) is 16.6. The Labute approximate surface area is 182 Å². The number of esters is 1. The number of anilines is 2. The number of ether oxygens (including phenoxy) is 1. The predicted molar refractivity (Wildman–Crippen MR) is 121 cm³/mol. The molecule has 31 heavy (non-hydrogen) atoms. The highest BCUT2D eigenvalue weighted by molar-refractivity contribution is 7.94. The fourth-order valence-corrected chi connectivity index (χ4v) is 4.59. The van der Waals surface area contributed by atoms with Crippen LogP contribution in [0.25, 0.3) is 0 Å². The molecular formula is C23H26N2O5S. The van der Waals surface area contributed by atoms with Crippen molar-refractivity contribution in [2.75, 3.05) is 29.1 Å². The van der Waals surface area contributed by atoms with Crippen LogP contribution in [0.4, 0.5) is 11.4 Å². The van der Waals surface area contributed by atoms with Crippen LogP contribution in [0.15, 0.2) is 66.1 Å². The van der Waals surface area contributed by atoms with E-state index >= 15 is 0 Å². The molecule has 2 aromatic rings. The van der Waals surface area contributed by atoms with Gasteiger partial charge in [-0.15, -0.1) is 0 Å². The van der Waals surface area contributed by atoms with Gasteiger partial charge < -0.3 is 15.0 Å². The van der Waals surface area contributed by atoms with E-state index < -0.39 is 34.4 Å². The average Bonchev–Trinajstić information content (AvgIpc) is 3.12. The molecule has 0 spiro atoms.